The number of carbonyl (C=O) groups excluding carboxylic acids is 1. The average Bonchev–Trinajstić information content (AvgIpc) is 3.20. The zero-order chi connectivity index (χ0) is 41.9. The molecule has 338 valence electrons. The van der Waals surface area contributed by atoms with E-state index in [-0.39, 0.29) is 6.61 Å². The van der Waals surface area contributed by atoms with Crippen molar-refractivity contribution >= 4 is 5.91 Å². The molecule has 0 aromatic rings. The van der Waals surface area contributed by atoms with E-state index in [1.807, 2.05) is 6.08 Å². The van der Waals surface area contributed by atoms with Gasteiger partial charge in [0.2, 0.25) is 5.91 Å². The van der Waals surface area contributed by atoms with Crippen LogP contribution in [0.25, 0.3) is 0 Å². The molecule has 1 aliphatic rings. The SMILES string of the molecule is CCCCCCCCCCCCCCCCCCCCCC(O)C(=O)NC(COC1OC(CO)C(O)C(O)C1O)C(O)C=CCCCCCCCCCCC(C)C. The first-order valence-corrected chi connectivity index (χ1v) is 23.9. The van der Waals surface area contributed by atoms with Gasteiger partial charge in [-0.15, -0.1) is 0 Å². The molecule has 1 amide bonds. The summed E-state index contributed by atoms with van der Waals surface area (Å²) in [5, 5.41) is 64.7. The molecule has 1 rings (SSSR count). The number of rotatable bonds is 39. The Hall–Kier alpha value is -1.11. The molecule has 0 spiro atoms. The van der Waals surface area contributed by atoms with Crippen molar-refractivity contribution in [1.82, 2.24) is 5.32 Å². The van der Waals surface area contributed by atoms with Crippen LogP contribution in [0.5, 0.6) is 0 Å². The molecule has 7 N–H and O–H groups in total. The molecule has 8 unspecified atom stereocenters. The van der Waals surface area contributed by atoms with Crippen LogP contribution in [-0.4, -0.2) is 98.7 Å². The first-order valence-electron chi connectivity index (χ1n) is 23.9. The molecule has 1 fully saturated rings. The summed E-state index contributed by atoms with van der Waals surface area (Å²) in [4.78, 5) is 13.0. The Morgan fingerprint density at radius 2 is 1.07 bits per heavy atom. The molecule has 1 aliphatic heterocycles. The van der Waals surface area contributed by atoms with E-state index >= 15 is 0 Å². The van der Waals surface area contributed by atoms with Crippen molar-refractivity contribution in [3.63, 3.8) is 0 Å². The molecular formula is C47H91NO9. The van der Waals surface area contributed by atoms with Crippen LogP contribution >= 0.6 is 0 Å². The van der Waals surface area contributed by atoms with E-state index in [0.717, 1.165) is 50.9 Å². The quantitative estimate of drug-likeness (QED) is 0.0237. The number of aliphatic hydroxyl groups excluding tert-OH is 6. The normalized spacial score (nSPS) is 21.7. The van der Waals surface area contributed by atoms with Gasteiger partial charge >= 0.3 is 0 Å². The Morgan fingerprint density at radius 1 is 0.632 bits per heavy atom. The highest BCUT2D eigenvalue weighted by Crippen LogP contribution is 2.23. The highest BCUT2D eigenvalue weighted by molar-refractivity contribution is 5.80. The van der Waals surface area contributed by atoms with Gasteiger partial charge in [-0.05, 0) is 25.2 Å². The van der Waals surface area contributed by atoms with Crippen LogP contribution in [0.4, 0.5) is 0 Å². The highest BCUT2D eigenvalue weighted by Gasteiger charge is 2.44. The Labute approximate surface area is 349 Å². The van der Waals surface area contributed by atoms with Crippen LogP contribution < -0.4 is 5.32 Å². The van der Waals surface area contributed by atoms with Crippen molar-refractivity contribution in [2.75, 3.05) is 13.2 Å². The number of allylic oxidation sites excluding steroid dienone is 1. The van der Waals surface area contributed by atoms with Gasteiger partial charge in [0.25, 0.3) is 0 Å². The lowest BCUT2D eigenvalue weighted by atomic mass is 9.99. The van der Waals surface area contributed by atoms with E-state index in [2.05, 4.69) is 26.1 Å². The maximum Gasteiger partial charge on any atom is 0.249 e. The predicted octanol–water partition coefficient (Wildman–Crippen LogP) is 8.94. The van der Waals surface area contributed by atoms with Gasteiger partial charge < -0.3 is 45.4 Å². The number of unbranched alkanes of at least 4 members (excludes halogenated alkanes) is 26. The standard InChI is InChI=1S/C47H91NO9/c1-4-5-6-7-8-9-10-11-12-13-14-15-16-17-18-23-26-29-32-35-41(51)46(55)48-39(37-56-47-45(54)44(53)43(52)42(36-49)57-47)40(50)34-31-28-25-22-20-19-21-24-27-30-33-38(2)3/h31,34,38-45,47,49-54H,4-30,32-33,35-37H2,1-3H3,(H,48,55). The van der Waals surface area contributed by atoms with Crippen LogP contribution in [-0.2, 0) is 14.3 Å². The maximum absolute atomic E-state index is 13.0. The van der Waals surface area contributed by atoms with Gasteiger partial charge in [-0.3, -0.25) is 4.79 Å². The van der Waals surface area contributed by atoms with Crippen molar-refractivity contribution in [2.45, 2.75) is 262 Å². The van der Waals surface area contributed by atoms with Crippen molar-refractivity contribution in [2.24, 2.45) is 5.92 Å². The number of aliphatic hydroxyl groups is 6. The molecule has 0 aliphatic carbocycles. The van der Waals surface area contributed by atoms with Crippen molar-refractivity contribution in [1.29, 1.82) is 0 Å². The molecule has 0 radical (unpaired) electrons. The molecule has 0 aromatic heterocycles. The fourth-order valence-corrected chi connectivity index (χ4v) is 7.70. The van der Waals surface area contributed by atoms with E-state index in [4.69, 9.17) is 9.47 Å². The first-order chi connectivity index (χ1) is 27.6. The summed E-state index contributed by atoms with van der Waals surface area (Å²) in [7, 11) is 0. The van der Waals surface area contributed by atoms with E-state index in [0.29, 0.717) is 6.42 Å². The zero-order valence-corrected chi connectivity index (χ0v) is 36.9. The Morgan fingerprint density at radius 3 is 1.53 bits per heavy atom. The predicted molar refractivity (Wildman–Crippen MR) is 232 cm³/mol. The summed E-state index contributed by atoms with van der Waals surface area (Å²) in [6, 6.07) is -0.975. The lowest BCUT2D eigenvalue weighted by molar-refractivity contribution is -0.302. The molecule has 57 heavy (non-hydrogen) atoms. The van der Waals surface area contributed by atoms with Crippen LogP contribution in [0, 0.1) is 5.92 Å². The summed E-state index contributed by atoms with van der Waals surface area (Å²) in [5.41, 5.74) is 0. The minimum absolute atomic E-state index is 0.303. The number of amides is 1. The second kappa shape index (κ2) is 36.7. The maximum atomic E-state index is 13.0. The summed E-state index contributed by atoms with van der Waals surface area (Å²) >= 11 is 0. The molecule has 8 atom stereocenters. The van der Waals surface area contributed by atoms with Crippen molar-refractivity contribution < 1.29 is 44.9 Å². The van der Waals surface area contributed by atoms with Gasteiger partial charge in [-0.1, -0.05) is 206 Å². The number of carbonyl (C=O) groups is 1. The van der Waals surface area contributed by atoms with Gasteiger partial charge in [0.05, 0.1) is 25.4 Å². The van der Waals surface area contributed by atoms with Crippen LogP contribution in [0.1, 0.15) is 213 Å². The summed E-state index contributed by atoms with van der Waals surface area (Å²) in [6.45, 7) is 5.92. The van der Waals surface area contributed by atoms with Gasteiger partial charge in [0, 0.05) is 0 Å². The van der Waals surface area contributed by atoms with E-state index in [1.54, 1.807) is 6.08 Å². The third-order valence-corrected chi connectivity index (χ3v) is 11.6. The number of nitrogens with one attached hydrogen (secondary N) is 1. The molecule has 10 heteroatoms. The first kappa shape index (κ1) is 53.9. The summed E-state index contributed by atoms with van der Waals surface area (Å²) < 4.78 is 11.1. The third-order valence-electron chi connectivity index (χ3n) is 11.6. The van der Waals surface area contributed by atoms with Gasteiger partial charge in [-0.25, -0.2) is 0 Å². The lowest BCUT2D eigenvalue weighted by Gasteiger charge is -2.40. The van der Waals surface area contributed by atoms with E-state index in [9.17, 15) is 35.4 Å². The van der Waals surface area contributed by atoms with Crippen LogP contribution in [0.3, 0.4) is 0 Å². The number of hydrogen-bond acceptors (Lipinski definition) is 9. The van der Waals surface area contributed by atoms with Gasteiger partial charge in [0.1, 0.15) is 30.5 Å². The molecule has 0 aromatic carbocycles. The summed E-state index contributed by atoms with van der Waals surface area (Å²) in [6.07, 6.45) is 30.2. The molecule has 1 saturated heterocycles. The average molecular weight is 814 g/mol. The van der Waals surface area contributed by atoms with E-state index in [1.165, 1.54) is 141 Å². The Kier molecular flexibility index (Phi) is 34.7. The van der Waals surface area contributed by atoms with E-state index < -0.39 is 61.5 Å². The van der Waals surface area contributed by atoms with Crippen LogP contribution in [0.2, 0.25) is 0 Å². The molecule has 0 saturated carbocycles. The van der Waals surface area contributed by atoms with Crippen molar-refractivity contribution in [3.8, 4) is 0 Å². The highest BCUT2D eigenvalue weighted by atomic mass is 16.7. The number of hydrogen-bond donors (Lipinski definition) is 7. The van der Waals surface area contributed by atoms with Gasteiger partial charge in [0.15, 0.2) is 6.29 Å². The summed E-state index contributed by atoms with van der Waals surface area (Å²) in [5.74, 6) is 0.166. The van der Waals surface area contributed by atoms with Crippen LogP contribution in [0.15, 0.2) is 12.2 Å². The zero-order valence-electron chi connectivity index (χ0n) is 36.9. The smallest absolute Gasteiger partial charge is 0.249 e. The molecule has 10 nitrogen and oxygen atoms in total. The Balaban J connectivity index is 2.36. The fraction of sp³-hybridized carbons (Fsp3) is 0.936. The molecule has 0 bridgehead atoms. The van der Waals surface area contributed by atoms with Gasteiger partial charge in [-0.2, -0.15) is 0 Å². The topological polar surface area (TPSA) is 169 Å². The fourth-order valence-electron chi connectivity index (χ4n) is 7.70. The number of ether oxygens (including phenoxy) is 2. The second-order valence-electron chi connectivity index (χ2n) is 17.5. The molecular weight excluding hydrogens is 723 g/mol. The molecule has 1 heterocycles. The largest absolute Gasteiger partial charge is 0.394 e. The van der Waals surface area contributed by atoms with Crippen molar-refractivity contribution in [3.05, 3.63) is 12.2 Å². The lowest BCUT2D eigenvalue weighted by Crippen LogP contribution is -2.60. The Bertz CT molecular complexity index is 935. The monoisotopic (exact) mass is 814 g/mol. The third kappa shape index (κ3) is 28.1. The minimum Gasteiger partial charge on any atom is -0.394 e. The minimum atomic E-state index is -1.61. The second-order valence-corrected chi connectivity index (χ2v) is 17.5.